The van der Waals surface area contributed by atoms with E-state index in [0.29, 0.717) is 0 Å². The van der Waals surface area contributed by atoms with Crippen LogP contribution in [0.1, 0.15) is 35.6 Å². The van der Waals surface area contributed by atoms with E-state index in [1.54, 1.807) is 0 Å². The Morgan fingerprint density at radius 1 is 0.966 bits per heavy atom. The van der Waals surface area contributed by atoms with Crippen LogP contribution >= 0.6 is 0 Å². The molecule has 2 aromatic carbocycles. The van der Waals surface area contributed by atoms with E-state index in [9.17, 15) is 9.59 Å². The summed E-state index contributed by atoms with van der Waals surface area (Å²) in [7, 11) is 1.86. The number of rotatable bonds is 9. The van der Waals surface area contributed by atoms with Crippen LogP contribution in [0.15, 0.2) is 42.5 Å². The van der Waals surface area contributed by atoms with E-state index in [0.717, 1.165) is 34.6 Å². The number of nitrogens with one attached hydrogen (secondary N) is 3. The van der Waals surface area contributed by atoms with Crippen LogP contribution < -0.4 is 15.5 Å². The predicted octanol–water partition coefficient (Wildman–Crippen LogP) is 2.20. The highest BCUT2D eigenvalue weighted by atomic mass is 16.2. The maximum Gasteiger partial charge on any atom is 0.279 e. The van der Waals surface area contributed by atoms with Crippen molar-refractivity contribution in [2.75, 3.05) is 25.5 Å². The molecular formula is C24H34N3O2+. The second-order valence-electron chi connectivity index (χ2n) is 8.13. The Kier molecular flexibility index (Phi) is 8.40. The van der Waals surface area contributed by atoms with Crippen molar-refractivity contribution in [3.05, 3.63) is 64.7 Å². The molecule has 2 rings (SSSR count). The molecular weight excluding hydrogens is 362 g/mol. The van der Waals surface area contributed by atoms with Gasteiger partial charge in [-0.05, 0) is 57.2 Å². The summed E-state index contributed by atoms with van der Waals surface area (Å²) in [6.07, 6.45) is 1.82. The van der Waals surface area contributed by atoms with Crippen molar-refractivity contribution in [1.82, 2.24) is 5.32 Å². The summed E-state index contributed by atoms with van der Waals surface area (Å²) in [6, 6.07) is 14.5. The van der Waals surface area contributed by atoms with Crippen LogP contribution in [0.5, 0.6) is 0 Å². The summed E-state index contributed by atoms with van der Waals surface area (Å²) in [5, 5.41) is 6.03. The second kappa shape index (κ2) is 10.8. The molecule has 29 heavy (non-hydrogen) atoms. The van der Waals surface area contributed by atoms with Crippen molar-refractivity contribution < 1.29 is 14.5 Å². The first-order valence-electron chi connectivity index (χ1n) is 10.3. The summed E-state index contributed by atoms with van der Waals surface area (Å²) in [6.45, 7) is 8.58. The summed E-state index contributed by atoms with van der Waals surface area (Å²) in [5.74, 6) is -0.110. The number of hydrogen-bond donors (Lipinski definition) is 3. The van der Waals surface area contributed by atoms with Crippen LogP contribution in [0.25, 0.3) is 0 Å². The first-order chi connectivity index (χ1) is 13.7. The molecule has 5 nitrogen and oxygen atoms in total. The normalized spacial score (nSPS) is 12.9. The lowest BCUT2D eigenvalue weighted by molar-refractivity contribution is -0.862. The number of benzene rings is 2. The van der Waals surface area contributed by atoms with Gasteiger partial charge in [-0.3, -0.25) is 9.59 Å². The molecule has 0 spiro atoms. The molecule has 0 aliphatic rings. The predicted molar refractivity (Wildman–Crippen MR) is 118 cm³/mol. The smallest absolute Gasteiger partial charge is 0.279 e. The molecule has 0 saturated carbocycles. The van der Waals surface area contributed by atoms with E-state index in [1.165, 1.54) is 11.1 Å². The average Bonchev–Trinajstić information content (AvgIpc) is 2.63. The molecule has 0 bridgehead atoms. The van der Waals surface area contributed by atoms with Crippen LogP contribution in [0.3, 0.4) is 0 Å². The van der Waals surface area contributed by atoms with E-state index in [-0.39, 0.29) is 30.9 Å². The number of carbonyl (C=O) groups is 2. The van der Waals surface area contributed by atoms with Crippen LogP contribution in [0.2, 0.25) is 0 Å². The number of amides is 2. The maximum atomic E-state index is 12.4. The molecule has 0 saturated heterocycles. The molecule has 2 amide bonds. The highest BCUT2D eigenvalue weighted by Crippen LogP contribution is 2.21. The molecule has 0 radical (unpaired) electrons. The monoisotopic (exact) mass is 396 g/mol. The zero-order valence-corrected chi connectivity index (χ0v) is 18.3. The molecule has 2 atom stereocenters. The number of quaternary nitrogens is 1. The third-order valence-corrected chi connectivity index (χ3v) is 4.98. The Labute approximate surface area is 174 Å². The molecule has 0 aromatic heterocycles. The fourth-order valence-corrected chi connectivity index (χ4v) is 3.60. The Morgan fingerprint density at radius 3 is 2.17 bits per heavy atom. The standard InChI is InChI=1S/C24H33N3O2/c1-17-13-18(2)24(19(3)14-17)26-23(29)16-27(5)15-22(28)25-20(4)11-12-21-9-7-6-8-10-21/h6-10,13-14,20H,11-12,15-16H2,1-5H3,(H,25,28)(H,26,29)/p+1/t20-/m0/s1. The van der Waals surface area contributed by atoms with Gasteiger partial charge in [-0.15, -0.1) is 0 Å². The Balaban J connectivity index is 1.75. The van der Waals surface area contributed by atoms with Crippen molar-refractivity contribution in [3.63, 3.8) is 0 Å². The zero-order chi connectivity index (χ0) is 21.4. The molecule has 3 N–H and O–H groups in total. The summed E-state index contributed by atoms with van der Waals surface area (Å²) < 4.78 is 0. The third kappa shape index (κ3) is 7.70. The molecule has 0 heterocycles. The average molecular weight is 397 g/mol. The minimum atomic E-state index is -0.0810. The van der Waals surface area contributed by atoms with Gasteiger partial charge < -0.3 is 15.5 Å². The first kappa shape index (κ1) is 22.6. The van der Waals surface area contributed by atoms with Gasteiger partial charge in [-0.1, -0.05) is 48.0 Å². The van der Waals surface area contributed by atoms with Crippen molar-refractivity contribution in [2.45, 2.75) is 46.6 Å². The summed E-state index contributed by atoms with van der Waals surface area (Å²) in [4.78, 5) is 25.6. The lowest BCUT2D eigenvalue weighted by atomic mass is 10.1. The van der Waals surface area contributed by atoms with Gasteiger partial charge in [0.2, 0.25) is 0 Å². The van der Waals surface area contributed by atoms with Crippen molar-refractivity contribution >= 4 is 17.5 Å². The van der Waals surface area contributed by atoms with Gasteiger partial charge in [0.25, 0.3) is 11.8 Å². The topological polar surface area (TPSA) is 62.6 Å². The third-order valence-electron chi connectivity index (χ3n) is 4.98. The molecule has 1 unspecified atom stereocenters. The first-order valence-corrected chi connectivity index (χ1v) is 10.3. The molecule has 5 heteroatoms. The van der Waals surface area contributed by atoms with Crippen molar-refractivity contribution in [2.24, 2.45) is 0 Å². The van der Waals surface area contributed by atoms with Gasteiger partial charge in [0.05, 0.1) is 7.05 Å². The quantitative estimate of drug-likeness (QED) is 0.609. The van der Waals surface area contributed by atoms with Gasteiger partial charge in [0.15, 0.2) is 13.1 Å². The Morgan fingerprint density at radius 2 is 1.55 bits per heavy atom. The van der Waals surface area contributed by atoms with Crippen LogP contribution in [-0.2, 0) is 16.0 Å². The lowest BCUT2D eigenvalue weighted by Crippen LogP contribution is -3.11. The van der Waals surface area contributed by atoms with Gasteiger partial charge in [-0.25, -0.2) is 0 Å². The molecule has 0 aliphatic heterocycles. The number of likely N-dealkylation sites (N-methyl/N-ethyl adjacent to an activating group) is 1. The van der Waals surface area contributed by atoms with Gasteiger partial charge in [0, 0.05) is 11.7 Å². The van der Waals surface area contributed by atoms with E-state index in [1.807, 2.05) is 52.9 Å². The van der Waals surface area contributed by atoms with Gasteiger partial charge >= 0.3 is 0 Å². The van der Waals surface area contributed by atoms with Gasteiger partial charge in [0.1, 0.15) is 0 Å². The van der Waals surface area contributed by atoms with Crippen LogP contribution in [0, 0.1) is 20.8 Å². The largest absolute Gasteiger partial charge is 0.349 e. The number of hydrogen-bond acceptors (Lipinski definition) is 2. The molecule has 2 aromatic rings. The fraction of sp³-hybridized carbons (Fsp3) is 0.417. The fourth-order valence-electron chi connectivity index (χ4n) is 3.60. The highest BCUT2D eigenvalue weighted by molar-refractivity contribution is 5.93. The van der Waals surface area contributed by atoms with Crippen molar-refractivity contribution in [1.29, 1.82) is 0 Å². The van der Waals surface area contributed by atoms with Crippen LogP contribution in [-0.4, -0.2) is 38.0 Å². The lowest BCUT2D eigenvalue weighted by Gasteiger charge is -2.18. The second-order valence-corrected chi connectivity index (χ2v) is 8.13. The Hall–Kier alpha value is -2.66. The number of carbonyl (C=O) groups excluding carboxylic acids is 2. The molecule has 156 valence electrons. The number of aryl methyl sites for hydroxylation is 4. The van der Waals surface area contributed by atoms with E-state index in [2.05, 4.69) is 34.9 Å². The van der Waals surface area contributed by atoms with Crippen LogP contribution in [0.4, 0.5) is 5.69 Å². The summed E-state index contributed by atoms with van der Waals surface area (Å²) in [5.41, 5.74) is 5.43. The van der Waals surface area contributed by atoms with Crippen molar-refractivity contribution in [3.8, 4) is 0 Å². The van der Waals surface area contributed by atoms with E-state index >= 15 is 0 Å². The number of anilines is 1. The minimum absolute atomic E-state index is 0.0291. The molecule has 0 fully saturated rings. The summed E-state index contributed by atoms with van der Waals surface area (Å²) >= 11 is 0. The van der Waals surface area contributed by atoms with Gasteiger partial charge in [-0.2, -0.15) is 0 Å². The Bertz CT molecular complexity index is 810. The highest BCUT2D eigenvalue weighted by Gasteiger charge is 2.17. The molecule has 0 aliphatic carbocycles. The zero-order valence-electron chi connectivity index (χ0n) is 18.3. The maximum absolute atomic E-state index is 12.4. The van der Waals surface area contributed by atoms with E-state index < -0.39 is 0 Å². The van der Waals surface area contributed by atoms with E-state index in [4.69, 9.17) is 0 Å². The SMILES string of the molecule is Cc1cc(C)c(NC(=O)C[NH+](C)CC(=O)N[C@@H](C)CCc2ccccc2)c(C)c1. The minimum Gasteiger partial charge on any atom is -0.349 e.